The van der Waals surface area contributed by atoms with Crippen molar-refractivity contribution in [2.75, 3.05) is 6.54 Å². The molecule has 0 aromatic heterocycles. The van der Waals surface area contributed by atoms with Crippen LogP contribution in [0.3, 0.4) is 0 Å². The van der Waals surface area contributed by atoms with E-state index in [0.717, 1.165) is 5.70 Å². The summed E-state index contributed by atoms with van der Waals surface area (Å²) in [7, 11) is 0. The van der Waals surface area contributed by atoms with E-state index in [0.29, 0.717) is 6.54 Å². The third kappa shape index (κ3) is 3.01. The van der Waals surface area contributed by atoms with Gasteiger partial charge in [0.1, 0.15) is 17.7 Å². The van der Waals surface area contributed by atoms with Gasteiger partial charge in [0.25, 0.3) is 0 Å². The molecule has 3 nitrogen and oxygen atoms in total. The molecule has 0 spiro atoms. The first-order chi connectivity index (χ1) is 7.81. The van der Waals surface area contributed by atoms with Gasteiger partial charge < -0.3 is 4.90 Å². The Balaban J connectivity index is 2.90. The largest absolute Gasteiger partial charge is 0.344 e. The van der Waals surface area contributed by atoms with Crippen LogP contribution >= 0.6 is 0 Å². The normalized spacial score (nSPS) is 15.4. The van der Waals surface area contributed by atoms with E-state index in [2.05, 4.69) is 6.58 Å². The minimum absolute atomic E-state index is 0.0917. The van der Waals surface area contributed by atoms with E-state index in [1.165, 1.54) is 6.08 Å². The van der Waals surface area contributed by atoms with Crippen molar-refractivity contribution < 1.29 is 0 Å². The van der Waals surface area contributed by atoms with Gasteiger partial charge in [0.15, 0.2) is 0 Å². The summed E-state index contributed by atoms with van der Waals surface area (Å²) >= 11 is 0. The second-order valence-electron chi connectivity index (χ2n) is 3.04. The van der Waals surface area contributed by atoms with Crippen LogP contribution in [0, 0.1) is 22.7 Å². The second kappa shape index (κ2) is 6.06. The highest BCUT2D eigenvalue weighted by Crippen LogP contribution is 2.12. The average Bonchev–Trinajstić information content (AvgIpc) is 2.33. The van der Waals surface area contributed by atoms with Gasteiger partial charge in [-0.25, -0.2) is 0 Å². The number of hydrogen-bond donors (Lipinski definition) is 0. The van der Waals surface area contributed by atoms with Gasteiger partial charge in [-0.3, -0.25) is 0 Å². The number of rotatable bonds is 3. The molecule has 0 N–H and O–H groups in total. The number of nitrogens with zero attached hydrogens (tertiary/aromatic N) is 3. The average molecular weight is 209 g/mol. The van der Waals surface area contributed by atoms with Crippen molar-refractivity contribution in [1.29, 1.82) is 10.5 Å². The van der Waals surface area contributed by atoms with Gasteiger partial charge in [0, 0.05) is 18.4 Å². The summed E-state index contributed by atoms with van der Waals surface area (Å²) in [6.45, 7) is 4.36. The molecule has 0 saturated carbocycles. The van der Waals surface area contributed by atoms with E-state index < -0.39 is 0 Å². The smallest absolute Gasteiger partial charge is 0.129 e. The maximum atomic E-state index is 8.59. The molecule has 1 rings (SSSR count). The van der Waals surface area contributed by atoms with Crippen molar-refractivity contribution in [2.24, 2.45) is 0 Å². The quantitative estimate of drug-likeness (QED) is 0.529. The van der Waals surface area contributed by atoms with Crippen molar-refractivity contribution in [3.63, 3.8) is 0 Å². The van der Waals surface area contributed by atoms with Gasteiger partial charge in [-0.2, -0.15) is 10.5 Å². The Morgan fingerprint density at radius 3 is 2.75 bits per heavy atom. The van der Waals surface area contributed by atoms with Crippen molar-refractivity contribution in [3.05, 3.63) is 60.5 Å². The van der Waals surface area contributed by atoms with Crippen LogP contribution in [-0.2, 0) is 0 Å². The second-order valence-corrected chi connectivity index (χ2v) is 3.04. The standard InChI is InChI=1S/C13H11N3/c1-2-8-16-9-4-3-5-13(16)7-6-12(10-14)11-15/h2-7,9H,1,8H2. The summed E-state index contributed by atoms with van der Waals surface area (Å²) in [4.78, 5) is 1.97. The predicted octanol–water partition coefficient (Wildman–Crippen LogP) is 2.42. The molecule has 0 unspecified atom stereocenters. The molecule has 78 valence electrons. The molecule has 1 heterocycles. The minimum atomic E-state index is 0.0917. The van der Waals surface area contributed by atoms with Crippen LogP contribution in [0.15, 0.2) is 60.5 Å². The first-order valence-electron chi connectivity index (χ1n) is 4.76. The van der Waals surface area contributed by atoms with Crippen LogP contribution in [0.4, 0.5) is 0 Å². The van der Waals surface area contributed by atoms with E-state index in [1.807, 2.05) is 41.5 Å². The summed E-state index contributed by atoms with van der Waals surface area (Å²) in [5.74, 6) is 0. The topological polar surface area (TPSA) is 50.8 Å². The van der Waals surface area contributed by atoms with E-state index in [4.69, 9.17) is 10.5 Å². The van der Waals surface area contributed by atoms with Gasteiger partial charge >= 0.3 is 0 Å². The third-order valence-electron chi connectivity index (χ3n) is 1.96. The van der Waals surface area contributed by atoms with E-state index in [9.17, 15) is 0 Å². The first-order valence-corrected chi connectivity index (χ1v) is 4.76. The molecule has 0 amide bonds. The molecule has 0 saturated heterocycles. The van der Waals surface area contributed by atoms with Crippen LogP contribution in [0.5, 0.6) is 0 Å². The van der Waals surface area contributed by atoms with Crippen LogP contribution in [0.25, 0.3) is 0 Å². The van der Waals surface area contributed by atoms with Gasteiger partial charge in [-0.05, 0) is 24.3 Å². The highest BCUT2D eigenvalue weighted by Gasteiger charge is 2.03. The molecule has 0 radical (unpaired) electrons. The lowest BCUT2D eigenvalue weighted by atomic mass is 10.2. The molecule has 0 bridgehead atoms. The lowest BCUT2D eigenvalue weighted by molar-refractivity contribution is 0.530. The number of nitriles is 2. The molecule has 1 aliphatic rings. The van der Waals surface area contributed by atoms with Crippen molar-refractivity contribution in [3.8, 4) is 12.1 Å². The molecule has 3 heteroatoms. The summed E-state index contributed by atoms with van der Waals surface area (Å²) in [6, 6.07) is 3.63. The van der Waals surface area contributed by atoms with E-state index >= 15 is 0 Å². The zero-order chi connectivity index (χ0) is 11.8. The Hall–Kier alpha value is -2.52. The Morgan fingerprint density at radius 2 is 2.12 bits per heavy atom. The minimum Gasteiger partial charge on any atom is -0.344 e. The summed E-state index contributed by atoms with van der Waals surface area (Å²) in [5, 5.41) is 17.2. The lowest BCUT2D eigenvalue weighted by Gasteiger charge is -2.21. The fourth-order valence-corrected chi connectivity index (χ4v) is 1.21. The van der Waals surface area contributed by atoms with E-state index in [1.54, 1.807) is 12.2 Å². The lowest BCUT2D eigenvalue weighted by Crippen LogP contribution is -2.16. The number of hydrogen-bond acceptors (Lipinski definition) is 3. The van der Waals surface area contributed by atoms with Gasteiger partial charge in [-0.1, -0.05) is 12.2 Å². The summed E-state index contributed by atoms with van der Waals surface area (Å²) < 4.78 is 0. The monoisotopic (exact) mass is 209 g/mol. The van der Waals surface area contributed by atoms with Crippen molar-refractivity contribution >= 4 is 0 Å². The van der Waals surface area contributed by atoms with E-state index in [-0.39, 0.29) is 5.57 Å². The summed E-state index contributed by atoms with van der Waals surface area (Å²) in [6.07, 6.45) is 12.7. The van der Waals surface area contributed by atoms with Crippen LogP contribution in [-0.4, -0.2) is 11.4 Å². The highest BCUT2D eigenvalue weighted by molar-refractivity contribution is 5.41. The maximum absolute atomic E-state index is 8.59. The zero-order valence-corrected chi connectivity index (χ0v) is 8.80. The van der Waals surface area contributed by atoms with Crippen LogP contribution in [0.1, 0.15) is 0 Å². The van der Waals surface area contributed by atoms with Gasteiger partial charge in [0.2, 0.25) is 0 Å². The third-order valence-corrected chi connectivity index (χ3v) is 1.96. The Kier molecular flexibility index (Phi) is 4.37. The SMILES string of the molecule is C=CCN1C=CC=CC1=CC=C(C#N)C#N. The maximum Gasteiger partial charge on any atom is 0.129 e. The molecule has 0 aromatic carbocycles. The molecule has 16 heavy (non-hydrogen) atoms. The zero-order valence-electron chi connectivity index (χ0n) is 8.80. The van der Waals surface area contributed by atoms with Crippen LogP contribution in [0.2, 0.25) is 0 Å². The Morgan fingerprint density at radius 1 is 1.38 bits per heavy atom. The number of allylic oxidation sites excluding steroid dienone is 6. The van der Waals surface area contributed by atoms with Gasteiger partial charge in [0.05, 0.1) is 0 Å². The molecular formula is C13H11N3. The Bertz CT molecular complexity index is 448. The molecule has 0 aromatic rings. The summed E-state index contributed by atoms with van der Waals surface area (Å²) in [5.41, 5.74) is 1.01. The van der Waals surface area contributed by atoms with Crippen LogP contribution < -0.4 is 0 Å². The molecule has 0 aliphatic carbocycles. The molecular weight excluding hydrogens is 198 g/mol. The molecule has 0 atom stereocenters. The fourth-order valence-electron chi connectivity index (χ4n) is 1.21. The Labute approximate surface area is 95.2 Å². The highest BCUT2D eigenvalue weighted by atomic mass is 15.1. The molecule has 0 fully saturated rings. The van der Waals surface area contributed by atoms with Gasteiger partial charge in [-0.15, -0.1) is 6.58 Å². The molecule has 1 aliphatic heterocycles. The van der Waals surface area contributed by atoms with Crippen molar-refractivity contribution in [2.45, 2.75) is 0 Å². The van der Waals surface area contributed by atoms with Crippen molar-refractivity contribution in [1.82, 2.24) is 4.90 Å². The fraction of sp³-hybridized carbons (Fsp3) is 0.0769. The predicted molar refractivity (Wildman–Crippen MR) is 62.6 cm³/mol. The first kappa shape index (κ1) is 11.6.